The van der Waals surface area contributed by atoms with Gasteiger partial charge in [0, 0.05) is 43.0 Å². The van der Waals surface area contributed by atoms with Crippen LogP contribution in [0.25, 0.3) is 44.5 Å². The number of carbonyl (C=O) groups is 4. The summed E-state index contributed by atoms with van der Waals surface area (Å²) in [5, 5.41) is 5.44. The summed E-state index contributed by atoms with van der Waals surface area (Å²) in [6.07, 6.45) is 4.40. The number of nitrogens with one attached hydrogen (secondary N) is 4. The van der Waals surface area contributed by atoms with Gasteiger partial charge in [0.1, 0.15) is 23.7 Å². The minimum absolute atomic E-state index is 0.0898. The molecule has 4 aliphatic rings. The zero-order valence-electron chi connectivity index (χ0n) is 36.2. The van der Waals surface area contributed by atoms with Crippen molar-refractivity contribution in [1.82, 2.24) is 40.4 Å². The Morgan fingerprint density at radius 2 is 1.36 bits per heavy atom. The van der Waals surface area contributed by atoms with Gasteiger partial charge < -0.3 is 44.6 Å². The number of aromatic amines is 2. The van der Waals surface area contributed by atoms with Gasteiger partial charge in [-0.1, -0.05) is 44.2 Å². The molecule has 4 N–H and O–H groups in total. The Kier molecular flexibility index (Phi) is 11.6. The highest BCUT2D eigenvalue weighted by Crippen LogP contribution is 2.53. The SMILES string of the molecule is COC(=O)N[C@H](C(=O)N1CCC[C@H]1c1nc2ccc(-c3ccc4c(c3)C(F)(F)c3cc(-c5cnc([C@@H]6CCCN6C(=O)[C@@H](NC(=O)OC)C6CCOCC6)[nH]5)ccc3-4)cc2[nH]1)C(C)C. The number of H-pyrrole nitrogens is 2. The van der Waals surface area contributed by atoms with Crippen molar-refractivity contribution < 1.29 is 42.2 Å². The molecule has 4 amide bonds. The molecule has 5 heterocycles. The van der Waals surface area contributed by atoms with Crippen molar-refractivity contribution in [1.29, 1.82) is 0 Å². The molecule has 3 fully saturated rings. The Morgan fingerprint density at radius 3 is 2.03 bits per heavy atom. The number of aromatic nitrogens is 4. The number of imidazole rings is 2. The van der Waals surface area contributed by atoms with Crippen molar-refractivity contribution >= 4 is 35.0 Å². The first kappa shape index (κ1) is 42.9. The van der Waals surface area contributed by atoms with Crippen molar-refractivity contribution in [2.45, 2.75) is 82.5 Å². The number of benzene rings is 3. The van der Waals surface area contributed by atoms with Crippen LogP contribution in [0.4, 0.5) is 18.4 Å². The largest absolute Gasteiger partial charge is 0.453 e. The van der Waals surface area contributed by atoms with E-state index in [0.29, 0.717) is 103 Å². The molecule has 0 spiro atoms. The number of hydrogen-bond donors (Lipinski definition) is 4. The highest BCUT2D eigenvalue weighted by atomic mass is 19.3. The standard InChI is InChI=1S/C47H52F2N8O7/c1-25(2)39(54-45(60)62-3)43(58)57-18-6-8-38(57)42-51-34-14-11-28(23-35(34)52-42)27-9-12-30-31-13-10-29(22-33(31)47(48,49)32(30)21-27)36-24-50-41(53-36)37-7-5-17-56(37)44(59)40(55-46(61)63-4)26-15-19-64-20-16-26/h9-14,21-26,37-40H,5-8,15-20H2,1-4H3,(H,50,53)(H,51,52)(H,54,60)(H,55,61)/t37-,38-,39-,40-/m0/s1. The zero-order valence-corrected chi connectivity index (χ0v) is 36.2. The molecule has 3 saturated heterocycles. The van der Waals surface area contributed by atoms with Crippen LogP contribution >= 0.6 is 0 Å². The average Bonchev–Trinajstić information content (AvgIpc) is 4.17. The third kappa shape index (κ3) is 7.83. The smallest absolute Gasteiger partial charge is 0.407 e. The normalized spacial score (nSPS) is 20.2. The fourth-order valence-corrected chi connectivity index (χ4v) is 9.89. The second-order valence-corrected chi connectivity index (χ2v) is 17.4. The molecule has 4 atom stereocenters. The first-order chi connectivity index (χ1) is 30.9. The van der Waals surface area contributed by atoms with Gasteiger partial charge in [0.2, 0.25) is 11.8 Å². The van der Waals surface area contributed by atoms with Crippen molar-refractivity contribution in [3.05, 3.63) is 83.6 Å². The molecule has 0 unspecified atom stereocenters. The van der Waals surface area contributed by atoms with Crippen molar-refractivity contribution in [2.75, 3.05) is 40.5 Å². The number of alkyl carbamates (subject to hydrolysis) is 2. The molecule has 3 aromatic carbocycles. The highest BCUT2D eigenvalue weighted by Gasteiger charge is 2.45. The summed E-state index contributed by atoms with van der Waals surface area (Å²) in [6.45, 7) is 5.75. The number of carbonyl (C=O) groups excluding carboxylic acids is 4. The molecule has 5 aromatic rings. The summed E-state index contributed by atoms with van der Waals surface area (Å²) >= 11 is 0. The summed E-state index contributed by atoms with van der Waals surface area (Å²) in [5.41, 5.74) is 4.53. The van der Waals surface area contributed by atoms with Gasteiger partial charge in [0.15, 0.2) is 0 Å². The lowest BCUT2D eigenvalue weighted by molar-refractivity contribution is -0.137. The highest BCUT2D eigenvalue weighted by molar-refractivity contribution is 5.89. The number of methoxy groups -OCH3 is 2. The van der Waals surface area contributed by atoms with E-state index in [1.165, 1.54) is 20.3 Å². The number of halogens is 2. The lowest BCUT2D eigenvalue weighted by atomic mass is 9.90. The van der Waals surface area contributed by atoms with E-state index in [9.17, 15) is 19.2 Å². The van der Waals surface area contributed by atoms with Gasteiger partial charge in [-0.25, -0.2) is 19.6 Å². The summed E-state index contributed by atoms with van der Waals surface area (Å²) in [7, 11) is 2.53. The fourth-order valence-electron chi connectivity index (χ4n) is 9.89. The quantitative estimate of drug-likeness (QED) is 0.110. The van der Waals surface area contributed by atoms with E-state index in [1.54, 1.807) is 40.3 Å². The van der Waals surface area contributed by atoms with Gasteiger partial charge in [-0.05, 0) is 96.9 Å². The molecule has 17 heteroatoms. The molecule has 0 saturated carbocycles. The van der Waals surface area contributed by atoms with Crippen LogP contribution in [0.2, 0.25) is 0 Å². The molecular formula is C47H52F2N8O7. The van der Waals surface area contributed by atoms with E-state index in [0.717, 1.165) is 18.4 Å². The van der Waals surface area contributed by atoms with E-state index in [2.05, 4.69) is 25.6 Å². The number of nitrogens with zero attached hydrogens (tertiary/aromatic N) is 4. The average molecular weight is 879 g/mol. The number of likely N-dealkylation sites (tertiary alicyclic amines) is 2. The molecule has 1 aliphatic carbocycles. The first-order valence-electron chi connectivity index (χ1n) is 22.0. The predicted molar refractivity (Wildman–Crippen MR) is 232 cm³/mol. The second-order valence-electron chi connectivity index (χ2n) is 17.4. The van der Waals surface area contributed by atoms with Crippen LogP contribution in [0.15, 0.2) is 60.8 Å². The van der Waals surface area contributed by atoms with Gasteiger partial charge in [-0.2, -0.15) is 8.78 Å². The number of alkyl halides is 2. The molecule has 2 aromatic heterocycles. The first-order valence-corrected chi connectivity index (χ1v) is 22.0. The Morgan fingerprint density at radius 1 is 0.766 bits per heavy atom. The Hall–Kier alpha value is -6.36. The fraction of sp³-hybridized carbons (Fsp3) is 0.447. The lowest BCUT2D eigenvalue weighted by Gasteiger charge is -2.34. The van der Waals surface area contributed by atoms with E-state index in [1.807, 2.05) is 38.1 Å². The van der Waals surface area contributed by atoms with Crippen LogP contribution in [0, 0.1) is 11.8 Å². The number of fused-ring (bicyclic) bond motifs is 4. The minimum atomic E-state index is -3.29. The molecule has 0 bridgehead atoms. The van der Waals surface area contributed by atoms with Crippen LogP contribution in [-0.2, 0) is 29.7 Å². The maximum atomic E-state index is 16.6. The Balaban J connectivity index is 0.931. The number of ether oxygens (including phenoxy) is 3. The van der Waals surface area contributed by atoms with Crippen LogP contribution in [0.1, 0.15) is 87.2 Å². The third-order valence-electron chi connectivity index (χ3n) is 13.3. The topological polar surface area (TPSA) is 184 Å². The summed E-state index contributed by atoms with van der Waals surface area (Å²) in [6, 6.07) is 13.5. The molecule has 0 radical (unpaired) electrons. The van der Waals surface area contributed by atoms with E-state index < -0.39 is 30.2 Å². The van der Waals surface area contributed by atoms with Gasteiger partial charge in [0.05, 0.1) is 49.2 Å². The van der Waals surface area contributed by atoms with Crippen molar-refractivity contribution in [2.24, 2.45) is 11.8 Å². The van der Waals surface area contributed by atoms with E-state index in [4.69, 9.17) is 19.2 Å². The summed E-state index contributed by atoms with van der Waals surface area (Å²) in [5.74, 6) is -2.81. The van der Waals surface area contributed by atoms with Gasteiger partial charge >= 0.3 is 12.2 Å². The van der Waals surface area contributed by atoms with E-state index in [-0.39, 0.29) is 46.9 Å². The molecule has 336 valence electrons. The monoisotopic (exact) mass is 878 g/mol. The Bertz CT molecular complexity index is 2600. The van der Waals surface area contributed by atoms with Crippen LogP contribution < -0.4 is 10.6 Å². The number of hydrogen-bond acceptors (Lipinski definition) is 9. The third-order valence-corrected chi connectivity index (χ3v) is 13.3. The minimum Gasteiger partial charge on any atom is -0.453 e. The van der Waals surface area contributed by atoms with Gasteiger partial charge in [-0.15, -0.1) is 0 Å². The van der Waals surface area contributed by atoms with Crippen LogP contribution in [0.5, 0.6) is 0 Å². The van der Waals surface area contributed by atoms with Gasteiger partial charge in [-0.3, -0.25) is 9.59 Å². The van der Waals surface area contributed by atoms with Gasteiger partial charge in [0.25, 0.3) is 5.92 Å². The maximum Gasteiger partial charge on any atom is 0.407 e. The van der Waals surface area contributed by atoms with E-state index >= 15 is 8.78 Å². The molecule has 15 nitrogen and oxygen atoms in total. The summed E-state index contributed by atoms with van der Waals surface area (Å²) in [4.78, 5) is 71.8. The molecular weight excluding hydrogens is 827 g/mol. The van der Waals surface area contributed by atoms with Crippen molar-refractivity contribution in [3.63, 3.8) is 0 Å². The van der Waals surface area contributed by atoms with Crippen molar-refractivity contribution in [3.8, 4) is 33.5 Å². The second kappa shape index (κ2) is 17.3. The lowest BCUT2D eigenvalue weighted by Crippen LogP contribution is -2.53. The molecule has 64 heavy (non-hydrogen) atoms. The molecule has 9 rings (SSSR count). The number of amides is 4. The Labute approximate surface area is 368 Å². The number of rotatable bonds is 10. The molecule has 3 aliphatic heterocycles. The van der Waals surface area contributed by atoms with Crippen LogP contribution in [-0.4, -0.2) is 106 Å². The predicted octanol–water partition coefficient (Wildman–Crippen LogP) is 7.60. The maximum absolute atomic E-state index is 16.6. The van der Waals surface area contributed by atoms with Crippen LogP contribution in [0.3, 0.4) is 0 Å². The summed E-state index contributed by atoms with van der Waals surface area (Å²) < 4.78 is 48.3. The zero-order chi connectivity index (χ0) is 44.9.